The molecular formula is C13H12F3NO4. The molecule has 0 aromatic heterocycles. The van der Waals surface area contributed by atoms with Crippen LogP contribution >= 0.6 is 0 Å². The van der Waals surface area contributed by atoms with Gasteiger partial charge in [-0.2, -0.15) is 13.2 Å². The van der Waals surface area contributed by atoms with Crippen LogP contribution in [0.2, 0.25) is 0 Å². The van der Waals surface area contributed by atoms with Gasteiger partial charge in [0.25, 0.3) is 0 Å². The van der Waals surface area contributed by atoms with Crippen molar-refractivity contribution in [1.29, 1.82) is 0 Å². The first-order valence-electron chi connectivity index (χ1n) is 5.60. The lowest BCUT2D eigenvalue weighted by atomic mass is 10.2. The van der Waals surface area contributed by atoms with E-state index in [1.807, 2.05) is 0 Å². The Morgan fingerprint density at radius 2 is 1.86 bits per heavy atom. The molecule has 0 aliphatic carbocycles. The van der Waals surface area contributed by atoms with E-state index in [4.69, 9.17) is 0 Å². The fourth-order valence-electron chi connectivity index (χ4n) is 1.36. The summed E-state index contributed by atoms with van der Waals surface area (Å²) in [7, 11) is 2.17. The molecule has 8 heteroatoms. The van der Waals surface area contributed by atoms with Crippen LogP contribution in [0.5, 0.6) is 0 Å². The molecule has 1 aromatic carbocycles. The predicted molar refractivity (Wildman–Crippen MR) is 67.2 cm³/mol. The van der Waals surface area contributed by atoms with E-state index in [1.165, 1.54) is 6.07 Å². The highest BCUT2D eigenvalue weighted by Gasteiger charge is 2.30. The summed E-state index contributed by atoms with van der Waals surface area (Å²) in [4.78, 5) is 22.6. The van der Waals surface area contributed by atoms with Gasteiger partial charge in [0.15, 0.2) is 0 Å². The molecule has 0 aliphatic rings. The van der Waals surface area contributed by atoms with Crippen molar-refractivity contribution in [2.75, 3.05) is 19.5 Å². The molecule has 0 unspecified atom stereocenters. The summed E-state index contributed by atoms with van der Waals surface area (Å²) in [6.45, 7) is 0. The van der Waals surface area contributed by atoms with E-state index in [0.717, 1.165) is 38.5 Å². The Morgan fingerprint density at radius 3 is 2.38 bits per heavy atom. The normalized spacial score (nSPS) is 11.8. The van der Waals surface area contributed by atoms with Gasteiger partial charge in [-0.25, -0.2) is 9.59 Å². The summed E-state index contributed by atoms with van der Waals surface area (Å²) < 4.78 is 46.5. The molecule has 1 aromatic rings. The zero-order chi connectivity index (χ0) is 16.0. The molecular weight excluding hydrogens is 291 g/mol. The Labute approximate surface area is 118 Å². The zero-order valence-electron chi connectivity index (χ0n) is 11.2. The second-order valence-corrected chi connectivity index (χ2v) is 3.78. The number of ether oxygens (including phenoxy) is 2. The van der Waals surface area contributed by atoms with Crippen molar-refractivity contribution >= 4 is 17.6 Å². The molecule has 0 bridgehead atoms. The Hall–Kier alpha value is -2.51. The molecule has 5 nitrogen and oxygen atoms in total. The highest BCUT2D eigenvalue weighted by Crippen LogP contribution is 2.30. The number of esters is 2. The first-order chi connectivity index (χ1) is 9.77. The molecule has 21 heavy (non-hydrogen) atoms. The van der Waals surface area contributed by atoms with E-state index in [0.29, 0.717) is 0 Å². The first kappa shape index (κ1) is 16.5. The quantitative estimate of drug-likeness (QED) is 0.683. The second kappa shape index (κ2) is 6.78. The number of anilines is 1. The maximum atomic E-state index is 12.6. The van der Waals surface area contributed by atoms with Crippen molar-refractivity contribution in [2.45, 2.75) is 6.18 Å². The first-order valence-corrected chi connectivity index (χ1v) is 5.60. The molecule has 0 saturated heterocycles. The average molecular weight is 303 g/mol. The third kappa shape index (κ3) is 4.83. The van der Waals surface area contributed by atoms with Crippen LogP contribution in [0.25, 0.3) is 0 Å². The minimum atomic E-state index is -4.52. The number of methoxy groups -OCH3 is 2. The van der Waals surface area contributed by atoms with Crippen LogP contribution in [0.3, 0.4) is 0 Å². The van der Waals surface area contributed by atoms with Crippen LogP contribution in [0, 0.1) is 0 Å². The van der Waals surface area contributed by atoms with Crippen molar-refractivity contribution in [2.24, 2.45) is 0 Å². The largest absolute Gasteiger partial charge is 0.466 e. The van der Waals surface area contributed by atoms with Crippen molar-refractivity contribution in [3.05, 3.63) is 41.6 Å². The molecule has 0 saturated carbocycles. The number of hydrogen-bond acceptors (Lipinski definition) is 5. The van der Waals surface area contributed by atoms with E-state index in [9.17, 15) is 22.8 Å². The van der Waals surface area contributed by atoms with E-state index >= 15 is 0 Å². The molecule has 0 radical (unpaired) electrons. The topological polar surface area (TPSA) is 64.6 Å². The van der Waals surface area contributed by atoms with Crippen LogP contribution < -0.4 is 5.32 Å². The van der Waals surface area contributed by atoms with Crippen LogP contribution in [-0.2, 0) is 25.2 Å². The molecule has 1 N–H and O–H groups in total. The van der Waals surface area contributed by atoms with Gasteiger partial charge in [0.1, 0.15) is 5.70 Å². The van der Waals surface area contributed by atoms with Crippen LogP contribution in [-0.4, -0.2) is 26.2 Å². The Balaban J connectivity index is 3.07. The van der Waals surface area contributed by atoms with Crippen molar-refractivity contribution in [3.8, 4) is 0 Å². The summed E-state index contributed by atoms with van der Waals surface area (Å²) in [5, 5.41) is 2.39. The van der Waals surface area contributed by atoms with Crippen LogP contribution in [0.1, 0.15) is 5.56 Å². The van der Waals surface area contributed by atoms with E-state index in [-0.39, 0.29) is 11.4 Å². The highest BCUT2D eigenvalue weighted by molar-refractivity contribution is 5.98. The number of rotatable bonds is 4. The lowest BCUT2D eigenvalue weighted by molar-refractivity contribution is -0.138. The molecule has 0 heterocycles. The summed E-state index contributed by atoms with van der Waals surface area (Å²) in [6, 6.07) is 4.16. The van der Waals surface area contributed by atoms with Gasteiger partial charge in [0.05, 0.1) is 25.9 Å². The third-order valence-electron chi connectivity index (χ3n) is 2.34. The van der Waals surface area contributed by atoms with Crippen molar-refractivity contribution < 1.29 is 32.2 Å². The standard InChI is InChI=1S/C13H12F3NO4/c1-20-11(18)7-10(12(19)21-2)17-9-5-3-4-8(6-9)13(14,15)16/h3-7,17H,1-2H3. The Morgan fingerprint density at radius 1 is 1.19 bits per heavy atom. The molecule has 0 aliphatic heterocycles. The third-order valence-corrected chi connectivity index (χ3v) is 2.34. The summed E-state index contributed by atoms with van der Waals surface area (Å²) in [5.74, 6) is -1.77. The lowest BCUT2D eigenvalue weighted by Gasteiger charge is -2.11. The number of nitrogens with one attached hydrogen (secondary N) is 1. The molecule has 0 amide bonds. The summed E-state index contributed by atoms with van der Waals surface area (Å²) >= 11 is 0. The van der Waals surface area contributed by atoms with Gasteiger partial charge in [-0.3, -0.25) is 0 Å². The maximum Gasteiger partial charge on any atom is 0.416 e. The van der Waals surface area contributed by atoms with Gasteiger partial charge < -0.3 is 14.8 Å². The summed E-state index contributed by atoms with van der Waals surface area (Å²) in [5.41, 5.74) is -1.26. The van der Waals surface area contributed by atoms with Gasteiger partial charge in [-0.1, -0.05) is 6.07 Å². The minimum absolute atomic E-state index is 0.0228. The van der Waals surface area contributed by atoms with E-state index in [2.05, 4.69) is 14.8 Å². The van der Waals surface area contributed by atoms with Gasteiger partial charge in [0.2, 0.25) is 0 Å². The number of halogens is 3. The molecule has 114 valence electrons. The zero-order valence-corrected chi connectivity index (χ0v) is 11.2. The number of benzene rings is 1. The van der Waals surface area contributed by atoms with E-state index in [1.54, 1.807) is 0 Å². The molecule has 0 fully saturated rings. The van der Waals surface area contributed by atoms with Crippen LogP contribution in [0.15, 0.2) is 36.0 Å². The number of hydrogen-bond donors (Lipinski definition) is 1. The number of alkyl halides is 3. The average Bonchev–Trinajstić information content (AvgIpc) is 2.45. The smallest absolute Gasteiger partial charge is 0.416 e. The maximum absolute atomic E-state index is 12.6. The fraction of sp³-hybridized carbons (Fsp3) is 0.231. The molecule has 0 atom stereocenters. The predicted octanol–water partition coefficient (Wildman–Crippen LogP) is 2.35. The lowest BCUT2D eigenvalue weighted by Crippen LogP contribution is -2.16. The monoisotopic (exact) mass is 303 g/mol. The van der Waals surface area contributed by atoms with Crippen molar-refractivity contribution in [3.63, 3.8) is 0 Å². The number of carbonyl (C=O) groups excluding carboxylic acids is 2. The minimum Gasteiger partial charge on any atom is -0.466 e. The highest BCUT2D eigenvalue weighted by atomic mass is 19.4. The van der Waals surface area contributed by atoms with Gasteiger partial charge >= 0.3 is 18.1 Å². The van der Waals surface area contributed by atoms with Gasteiger partial charge in [-0.15, -0.1) is 0 Å². The van der Waals surface area contributed by atoms with Crippen molar-refractivity contribution in [1.82, 2.24) is 0 Å². The Kier molecular flexibility index (Phi) is 5.34. The second-order valence-electron chi connectivity index (χ2n) is 3.78. The SMILES string of the molecule is COC(=O)C=C(Nc1cccc(C(F)(F)F)c1)C(=O)OC. The number of carbonyl (C=O) groups is 2. The van der Waals surface area contributed by atoms with Crippen LogP contribution in [0.4, 0.5) is 18.9 Å². The van der Waals surface area contributed by atoms with Gasteiger partial charge in [0, 0.05) is 5.69 Å². The van der Waals surface area contributed by atoms with E-state index < -0.39 is 23.7 Å². The fourth-order valence-corrected chi connectivity index (χ4v) is 1.36. The summed E-state index contributed by atoms with van der Waals surface area (Å²) in [6.07, 6.45) is -3.73. The Bertz CT molecular complexity index is 567. The van der Waals surface area contributed by atoms with Gasteiger partial charge in [-0.05, 0) is 18.2 Å². The molecule has 1 rings (SSSR count). The molecule has 0 spiro atoms.